The smallest absolute Gasteiger partial charge is 0.318 e. The van der Waals surface area contributed by atoms with E-state index in [1.807, 2.05) is 65.6 Å². The molecule has 0 fully saturated rings. The maximum absolute atomic E-state index is 13.5. The van der Waals surface area contributed by atoms with Gasteiger partial charge in [-0.15, -0.1) is 0 Å². The molecule has 1 atom stereocenters. The molecule has 4 aromatic rings. The fraction of sp³-hybridized carbons (Fsp3) is 0.0800. The van der Waals surface area contributed by atoms with Gasteiger partial charge in [-0.05, 0) is 47.5 Å². The summed E-state index contributed by atoms with van der Waals surface area (Å²) in [7, 11) is 0. The van der Waals surface area contributed by atoms with Crippen molar-refractivity contribution in [3.05, 3.63) is 118 Å². The Labute approximate surface area is 183 Å². The number of nitrogens with one attached hydrogen (secondary N) is 1. The zero-order valence-electron chi connectivity index (χ0n) is 16.2. The van der Waals surface area contributed by atoms with Gasteiger partial charge in [0.1, 0.15) is 0 Å². The first kappa shape index (κ1) is 18.7. The molecule has 0 aliphatic carbocycles. The van der Waals surface area contributed by atoms with Crippen molar-refractivity contribution in [3.63, 3.8) is 0 Å². The Bertz CT molecular complexity index is 1200. The first-order valence-electron chi connectivity index (χ1n) is 9.84. The maximum Gasteiger partial charge on any atom is 0.322 e. The number of hydrogen-bond acceptors (Lipinski definition) is 1. The van der Waals surface area contributed by atoms with Crippen LogP contribution >= 0.6 is 15.9 Å². The number of rotatable bonds is 2. The molecule has 148 valence electrons. The van der Waals surface area contributed by atoms with Gasteiger partial charge in [-0.3, -0.25) is 0 Å². The van der Waals surface area contributed by atoms with Crippen LogP contribution in [0.4, 0.5) is 10.5 Å². The second kappa shape index (κ2) is 7.84. The van der Waals surface area contributed by atoms with Crippen LogP contribution in [-0.2, 0) is 6.54 Å². The second-order valence-electron chi connectivity index (χ2n) is 7.31. The number of fused-ring (bicyclic) bond motifs is 3. The van der Waals surface area contributed by atoms with Gasteiger partial charge in [-0.2, -0.15) is 0 Å². The molecule has 1 N–H and O–H groups in total. The third-order valence-corrected chi connectivity index (χ3v) is 5.91. The Kier molecular flexibility index (Phi) is 4.89. The van der Waals surface area contributed by atoms with Crippen molar-refractivity contribution in [2.24, 2.45) is 0 Å². The van der Waals surface area contributed by atoms with Gasteiger partial charge in [0.05, 0.1) is 18.3 Å². The molecule has 0 radical (unpaired) electrons. The highest BCUT2D eigenvalue weighted by molar-refractivity contribution is 9.10. The zero-order chi connectivity index (χ0) is 20.5. The molecule has 30 heavy (non-hydrogen) atoms. The van der Waals surface area contributed by atoms with Crippen LogP contribution in [0.1, 0.15) is 22.9 Å². The predicted octanol–water partition coefficient (Wildman–Crippen LogP) is 6.38. The molecule has 5 rings (SSSR count). The number of halogens is 1. The fourth-order valence-corrected chi connectivity index (χ4v) is 4.49. The lowest BCUT2D eigenvalue weighted by Gasteiger charge is -2.31. The van der Waals surface area contributed by atoms with E-state index in [1.165, 1.54) is 0 Å². The van der Waals surface area contributed by atoms with Crippen LogP contribution in [0, 0.1) is 0 Å². The van der Waals surface area contributed by atoms with Crippen molar-refractivity contribution in [2.45, 2.75) is 12.6 Å². The van der Waals surface area contributed by atoms with E-state index in [4.69, 9.17) is 0 Å². The Hall–Kier alpha value is -3.31. The van der Waals surface area contributed by atoms with E-state index >= 15 is 0 Å². The number of nitrogens with zero attached hydrogens (tertiary/aromatic N) is 2. The Morgan fingerprint density at radius 2 is 1.70 bits per heavy atom. The molecule has 0 unspecified atom stereocenters. The van der Waals surface area contributed by atoms with E-state index in [0.29, 0.717) is 6.54 Å². The fourth-order valence-electron chi connectivity index (χ4n) is 4.09. The molecule has 0 spiro atoms. The van der Waals surface area contributed by atoms with Gasteiger partial charge >= 0.3 is 6.03 Å². The van der Waals surface area contributed by atoms with Gasteiger partial charge in [0.25, 0.3) is 0 Å². The summed E-state index contributed by atoms with van der Waals surface area (Å²) in [6.07, 6.45) is 2.07. The number of para-hydroxylation sites is 1. The highest BCUT2D eigenvalue weighted by Gasteiger charge is 2.32. The topological polar surface area (TPSA) is 37.3 Å². The molecule has 0 bridgehead atoms. The lowest BCUT2D eigenvalue weighted by atomic mass is 10.0. The van der Waals surface area contributed by atoms with Crippen LogP contribution in [0.25, 0.3) is 5.69 Å². The van der Waals surface area contributed by atoms with Crippen LogP contribution in [0.2, 0.25) is 0 Å². The van der Waals surface area contributed by atoms with Crippen LogP contribution in [0.3, 0.4) is 0 Å². The molecule has 4 nitrogen and oxygen atoms in total. The summed E-state index contributed by atoms with van der Waals surface area (Å²) in [6.45, 7) is 0.511. The molecule has 1 aromatic heterocycles. The molecule has 1 aliphatic rings. The van der Waals surface area contributed by atoms with E-state index in [9.17, 15) is 4.79 Å². The van der Waals surface area contributed by atoms with E-state index in [2.05, 4.69) is 62.3 Å². The minimum absolute atomic E-state index is 0.133. The SMILES string of the molecule is O=C(Nc1cccc(Br)c1)N1Cc2ccccc2-n2cccc2[C@@H]1c1ccccc1. The van der Waals surface area contributed by atoms with Crippen molar-refractivity contribution in [3.8, 4) is 5.69 Å². The molecule has 5 heteroatoms. The van der Waals surface area contributed by atoms with Crippen LogP contribution in [0.15, 0.2) is 102 Å². The first-order chi connectivity index (χ1) is 14.7. The van der Waals surface area contributed by atoms with E-state index < -0.39 is 0 Å². The number of urea groups is 1. The number of hydrogen-bond donors (Lipinski definition) is 1. The van der Waals surface area contributed by atoms with Gasteiger partial charge in [0.2, 0.25) is 0 Å². The summed E-state index contributed by atoms with van der Waals surface area (Å²) in [4.78, 5) is 15.5. The van der Waals surface area contributed by atoms with E-state index in [1.54, 1.807) is 0 Å². The quantitative estimate of drug-likeness (QED) is 0.372. The highest BCUT2D eigenvalue weighted by Crippen LogP contribution is 2.36. The average Bonchev–Trinajstić information content (AvgIpc) is 3.18. The lowest BCUT2D eigenvalue weighted by Crippen LogP contribution is -2.37. The molecule has 1 aliphatic heterocycles. The number of carbonyl (C=O) groups excluding carboxylic acids is 1. The monoisotopic (exact) mass is 457 g/mol. The van der Waals surface area contributed by atoms with E-state index in [-0.39, 0.29) is 12.1 Å². The summed E-state index contributed by atoms with van der Waals surface area (Å²) in [5.74, 6) is 0. The van der Waals surface area contributed by atoms with Crippen molar-refractivity contribution >= 4 is 27.6 Å². The van der Waals surface area contributed by atoms with Gasteiger partial charge in [-0.1, -0.05) is 70.5 Å². The minimum Gasteiger partial charge on any atom is -0.318 e. The molecular formula is C25H20BrN3O. The van der Waals surface area contributed by atoms with Crippen molar-refractivity contribution < 1.29 is 4.79 Å². The number of anilines is 1. The van der Waals surface area contributed by atoms with Crippen molar-refractivity contribution in [2.75, 3.05) is 5.32 Å². The number of benzene rings is 3. The van der Waals surface area contributed by atoms with Gasteiger partial charge < -0.3 is 14.8 Å². The van der Waals surface area contributed by atoms with Gasteiger partial charge in [-0.25, -0.2) is 4.79 Å². The zero-order valence-corrected chi connectivity index (χ0v) is 17.8. The summed E-state index contributed by atoms with van der Waals surface area (Å²) >= 11 is 3.48. The Balaban J connectivity index is 1.63. The molecule has 0 saturated heterocycles. The third kappa shape index (κ3) is 3.42. The second-order valence-corrected chi connectivity index (χ2v) is 8.23. The first-order valence-corrected chi connectivity index (χ1v) is 10.6. The molecule has 0 saturated carbocycles. The summed E-state index contributed by atoms with van der Waals surface area (Å²) in [5, 5.41) is 3.08. The number of aromatic nitrogens is 1. The minimum atomic E-state index is -0.208. The normalized spacial score (nSPS) is 15.1. The lowest BCUT2D eigenvalue weighted by molar-refractivity contribution is 0.194. The molecular weight excluding hydrogens is 438 g/mol. The maximum atomic E-state index is 13.5. The Morgan fingerprint density at radius 3 is 2.53 bits per heavy atom. The largest absolute Gasteiger partial charge is 0.322 e. The van der Waals surface area contributed by atoms with Gasteiger partial charge in [0.15, 0.2) is 0 Å². The molecule has 3 aromatic carbocycles. The summed E-state index contributed by atoms with van der Waals surface area (Å²) < 4.78 is 3.12. The summed E-state index contributed by atoms with van der Waals surface area (Å²) in [5.41, 5.74) is 5.12. The van der Waals surface area contributed by atoms with Crippen LogP contribution in [-0.4, -0.2) is 15.5 Å². The van der Waals surface area contributed by atoms with Crippen LogP contribution < -0.4 is 5.32 Å². The van der Waals surface area contributed by atoms with Crippen molar-refractivity contribution in [1.82, 2.24) is 9.47 Å². The highest BCUT2D eigenvalue weighted by atomic mass is 79.9. The Morgan fingerprint density at radius 1 is 0.900 bits per heavy atom. The van der Waals surface area contributed by atoms with Gasteiger partial charge in [0, 0.05) is 22.1 Å². The predicted molar refractivity (Wildman–Crippen MR) is 123 cm³/mol. The average molecular weight is 458 g/mol. The molecule has 2 heterocycles. The number of amides is 2. The standard InChI is InChI=1S/C25H20BrN3O/c26-20-11-6-12-21(16-20)27-25(30)29-17-19-10-4-5-13-22(19)28-15-7-14-23(28)24(29)18-8-2-1-3-9-18/h1-16,24H,17H2,(H,27,30)/t24-/m0/s1. The summed E-state index contributed by atoms with van der Waals surface area (Å²) in [6, 6.07) is 29.9. The number of carbonyl (C=O) groups is 1. The van der Waals surface area contributed by atoms with E-state index in [0.717, 1.165) is 32.7 Å². The third-order valence-electron chi connectivity index (χ3n) is 5.42. The molecule has 2 amide bonds. The van der Waals surface area contributed by atoms with Crippen molar-refractivity contribution in [1.29, 1.82) is 0 Å². The van der Waals surface area contributed by atoms with Crippen LogP contribution in [0.5, 0.6) is 0 Å².